The minimum Gasteiger partial charge on any atom is -0.349 e. The van der Waals surface area contributed by atoms with Crippen LogP contribution < -0.4 is 11.1 Å². The molecule has 0 aliphatic carbocycles. The molecule has 0 bridgehead atoms. The van der Waals surface area contributed by atoms with Crippen molar-refractivity contribution in [2.24, 2.45) is 5.73 Å². The molecular weight excluding hydrogens is 408 g/mol. The molecule has 2 aromatic heterocycles. The highest BCUT2D eigenvalue weighted by Crippen LogP contribution is 2.41. The number of nitrogens with zero attached hydrogens (tertiary/aromatic N) is 1. The number of hydrogen-bond acceptors (Lipinski definition) is 3. The Labute approximate surface area is 171 Å². The van der Waals surface area contributed by atoms with Crippen molar-refractivity contribution >= 4 is 41.3 Å². The van der Waals surface area contributed by atoms with Crippen LogP contribution in [0.1, 0.15) is 23.0 Å². The molecule has 3 aromatic rings. The molecule has 1 aliphatic heterocycles. The topological polar surface area (TPSA) is 60.0 Å². The molecule has 1 amide bonds. The van der Waals surface area contributed by atoms with Gasteiger partial charge in [0.2, 0.25) is 0 Å². The van der Waals surface area contributed by atoms with Gasteiger partial charge in [0.25, 0.3) is 5.91 Å². The SMILES string of the molecule is Cl.NCCC1CNC(=O)c2cc(-c3cc(Cl)ccc3F)c(-c3ccsc3)n21. The van der Waals surface area contributed by atoms with E-state index in [1.54, 1.807) is 23.5 Å². The van der Waals surface area contributed by atoms with Gasteiger partial charge in [-0.25, -0.2) is 4.39 Å². The van der Waals surface area contributed by atoms with Crippen LogP contribution in [-0.4, -0.2) is 23.6 Å². The molecule has 3 N–H and O–H groups in total. The molecule has 0 saturated heterocycles. The largest absolute Gasteiger partial charge is 0.349 e. The highest BCUT2D eigenvalue weighted by molar-refractivity contribution is 7.08. The molecular formula is C19H18Cl2FN3OS. The zero-order valence-electron chi connectivity index (χ0n) is 14.2. The van der Waals surface area contributed by atoms with Crippen LogP contribution in [0.25, 0.3) is 22.4 Å². The number of nitrogens with one attached hydrogen (secondary N) is 1. The number of carbonyl (C=O) groups excluding carboxylic acids is 1. The van der Waals surface area contributed by atoms with Crippen molar-refractivity contribution in [3.8, 4) is 22.4 Å². The van der Waals surface area contributed by atoms with Crippen molar-refractivity contribution in [3.05, 3.63) is 57.6 Å². The van der Waals surface area contributed by atoms with Crippen molar-refractivity contribution in [1.82, 2.24) is 9.88 Å². The first-order valence-corrected chi connectivity index (χ1v) is 9.63. The first kappa shape index (κ1) is 19.9. The molecule has 0 saturated carbocycles. The van der Waals surface area contributed by atoms with Gasteiger partial charge in [-0.15, -0.1) is 12.4 Å². The lowest BCUT2D eigenvalue weighted by atomic mass is 10.0. The van der Waals surface area contributed by atoms with Crippen LogP contribution in [0.4, 0.5) is 4.39 Å². The first-order chi connectivity index (χ1) is 12.6. The Morgan fingerprint density at radius 2 is 2.11 bits per heavy atom. The minimum absolute atomic E-state index is 0. The van der Waals surface area contributed by atoms with Crippen LogP contribution in [0.3, 0.4) is 0 Å². The van der Waals surface area contributed by atoms with E-state index in [0.29, 0.717) is 34.9 Å². The van der Waals surface area contributed by atoms with Gasteiger partial charge in [0.05, 0.1) is 11.7 Å². The van der Waals surface area contributed by atoms with Crippen LogP contribution in [0.2, 0.25) is 5.02 Å². The normalized spacial score (nSPS) is 15.8. The summed E-state index contributed by atoms with van der Waals surface area (Å²) in [5.74, 6) is -0.534. The summed E-state index contributed by atoms with van der Waals surface area (Å²) in [6.07, 6.45) is 0.719. The maximum Gasteiger partial charge on any atom is 0.268 e. The summed E-state index contributed by atoms with van der Waals surface area (Å²) in [6, 6.07) is 8.22. The fourth-order valence-corrected chi connectivity index (χ4v) is 4.31. The molecule has 1 aliphatic rings. The molecule has 142 valence electrons. The van der Waals surface area contributed by atoms with Gasteiger partial charge >= 0.3 is 0 Å². The number of thiophene rings is 1. The third-order valence-corrected chi connectivity index (χ3v) is 5.56. The zero-order valence-corrected chi connectivity index (χ0v) is 16.6. The van der Waals surface area contributed by atoms with Crippen molar-refractivity contribution in [1.29, 1.82) is 0 Å². The Bertz CT molecular complexity index is 972. The molecule has 0 fully saturated rings. The molecule has 1 atom stereocenters. The monoisotopic (exact) mass is 425 g/mol. The first-order valence-electron chi connectivity index (χ1n) is 8.31. The van der Waals surface area contributed by atoms with Gasteiger partial charge in [0.1, 0.15) is 11.5 Å². The van der Waals surface area contributed by atoms with Gasteiger partial charge in [0, 0.05) is 33.6 Å². The van der Waals surface area contributed by atoms with Crippen LogP contribution >= 0.6 is 35.3 Å². The molecule has 1 aromatic carbocycles. The fraction of sp³-hybridized carbons (Fsp3) is 0.211. The number of hydrogen-bond donors (Lipinski definition) is 2. The second-order valence-corrected chi connectivity index (χ2v) is 7.46. The van der Waals surface area contributed by atoms with Crippen LogP contribution in [0.15, 0.2) is 41.1 Å². The summed E-state index contributed by atoms with van der Waals surface area (Å²) in [6.45, 7) is 1.01. The van der Waals surface area contributed by atoms with Gasteiger partial charge in [-0.1, -0.05) is 11.6 Å². The van der Waals surface area contributed by atoms with E-state index in [-0.39, 0.29) is 30.2 Å². The molecule has 27 heavy (non-hydrogen) atoms. The standard InChI is InChI=1S/C19H17ClFN3OS.ClH/c20-12-1-2-16(21)14(7-12)15-8-17-19(25)23-9-13(3-5-22)24(17)18(15)11-4-6-26-10-11;/h1-2,4,6-8,10,13H,3,5,9,22H2,(H,23,25);1H. The Hall–Kier alpha value is -1.86. The van der Waals surface area contributed by atoms with Crippen LogP contribution in [0.5, 0.6) is 0 Å². The van der Waals surface area contributed by atoms with Crippen molar-refractivity contribution in [2.45, 2.75) is 12.5 Å². The van der Waals surface area contributed by atoms with E-state index in [2.05, 4.69) is 5.32 Å². The number of benzene rings is 1. The maximum atomic E-state index is 14.6. The third-order valence-electron chi connectivity index (χ3n) is 4.65. The number of halogens is 3. The molecule has 0 spiro atoms. The second kappa shape index (κ2) is 8.02. The van der Waals surface area contributed by atoms with E-state index in [1.807, 2.05) is 21.4 Å². The Morgan fingerprint density at radius 3 is 2.81 bits per heavy atom. The Balaban J connectivity index is 0.00000210. The van der Waals surface area contributed by atoms with Gasteiger partial charge in [-0.05, 0) is 48.7 Å². The van der Waals surface area contributed by atoms with Crippen molar-refractivity contribution < 1.29 is 9.18 Å². The summed E-state index contributed by atoms with van der Waals surface area (Å²) in [7, 11) is 0. The molecule has 3 heterocycles. The second-order valence-electron chi connectivity index (χ2n) is 6.24. The lowest BCUT2D eigenvalue weighted by molar-refractivity contribution is 0.0914. The van der Waals surface area contributed by atoms with Gasteiger partial charge in [-0.2, -0.15) is 11.3 Å². The Morgan fingerprint density at radius 1 is 1.30 bits per heavy atom. The number of rotatable bonds is 4. The van der Waals surface area contributed by atoms with Gasteiger partial charge < -0.3 is 15.6 Å². The van der Waals surface area contributed by atoms with E-state index >= 15 is 0 Å². The lowest BCUT2D eigenvalue weighted by Crippen LogP contribution is -2.39. The molecule has 4 nitrogen and oxygen atoms in total. The van der Waals surface area contributed by atoms with Gasteiger partial charge in [-0.3, -0.25) is 4.79 Å². The molecule has 0 radical (unpaired) electrons. The van der Waals surface area contributed by atoms with E-state index in [9.17, 15) is 9.18 Å². The predicted octanol–water partition coefficient (Wildman–Crippen LogP) is 4.73. The fourth-order valence-electron chi connectivity index (χ4n) is 3.50. The van der Waals surface area contributed by atoms with Crippen LogP contribution in [0, 0.1) is 5.82 Å². The average molecular weight is 426 g/mol. The summed E-state index contributed by atoms with van der Waals surface area (Å²) >= 11 is 7.67. The molecule has 4 rings (SSSR count). The third kappa shape index (κ3) is 3.50. The minimum atomic E-state index is -0.371. The summed E-state index contributed by atoms with van der Waals surface area (Å²) in [5.41, 5.74) is 9.13. The highest BCUT2D eigenvalue weighted by atomic mass is 35.5. The number of fused-ring (bicyclic) bond motifs is 1. The van der Waals surface area contributed by atoms with Crippen LogP contribution in [-0.2, 0) is 0 Å². The molecule has 8 heteroatoms. The number of carbonyl (C=O) groups is 1. The smallest absolute Gasteiger partial charge is 0.268 e. The summed E-state index contributed by atoms with van der Waals surface area (Å²) in [5, 5.41) is 7.32. The Kier molecular flexibility index (Phi) is 5.91. The van der Waals surface area contributed by atoms with Gasteiger partial charge in [0.15, 0.2) is 0 Å². The van der Waals surface area contributed by atoms with E-state index in [4.69, 9.17) is 17.3 Å². The van der Waals surface area contributed by atoms with E-state index in [1.165, 1.54) is 12.1 Å². The highest BCUT2D eigenvalue weighted by Gasteiger charge is 2.31. The average Bonchev–Trinajstić information content (AvgIpc) is 3.27. The predicted molar refractivity (Wildman–Crippen MR) is 110 cm³/mol. The molecule has 1 unspecified atom stereocenters. The summed E-state index contributed by atoms with van der Waals surface area (Å²) in [4.78, 5) is 12.5. The number of nitrogens with two attached hydrogens (primary N) is 1. The van der Waals surface area contributed by atoms with E-state index < -0.39 is 0 Å². The summed E-state index contributed by atoms with van der Waals surface area (Å²) < 4.78 is 16.6. The number of aromatic nitrogens is 1. The van der Waals surface area contributed by atoms with Crippen molar-refractivity contribution in [3.63, 3.8) is 0 Å². The zero-order chi connectivity index (χ0) is 18.3. The van der Waals surface area contributed by atoms with E-state index in [0.717, 1.165) is 17.7 Å². The lowest BCUT2D eigenvalue weighted by Gasteiger charge is -2.28. The van der Waals surface area contributed by atoms with Crippen molar-refractivity contribution in [2.75, 3.05) is 13.1 Å². The quantitative estimate of drug-likeness (QED) is 0.634. The maximum absolute atomic E-state index is 14.6. The number of amides is 1.